The molecule has 1 aliphatic heterocycles. The van der Waals surface area contributed by atoms with Crippen LogP contribution in [-0.4, -0.2) is 40.9 Å². The van der Waals surface area contributed by atoms with E-state index >= 15 is 0 Å². The molecule has 0 spiro atoms. The smallest absolute Gasteiger partial charge is 0.409 e. The number of carboxylic acid groups (broad SMARTS) is 1. The van der Waals surface area contributed by atoms with Gasteiger partial charge in [-0.1, -0.05) is 6.42 Å². The summed E-state index contributed by atoms with van der Waals surface area (Å²) in [6.07, 6.45) is 3.54. The Morgan fingerprint density at radius 3 is 2.91 bits per heavy atom. The maximum atomic E-state index is 11.0. The summed E-state index contributed by atoms with van der Waals surface area (Å²) in [6, 6.07) is 3.95. The average molecular weight is 304 g/mol. The van der Waals surface area contributed by atoms with Crippen LogP contribution in [-0.2, 0) is 13.0 Å². The van der Waals surface area contributed by atoms with Gasteiger partial charge in [0.25, 0.3) is 0 Å². The van der Waals surface area contributed by atoms with Gasteiger partial charge in [0.1, 0.15) is 0 Å². The van der Waals surface area contributed by atoms with Crippen molar-refractivity contribution in [3.63, 3.8) is 0 Å². The van der Waals surface area contributed by atoms with Crippen molar-refractivity contribution in [2.24, 2.45) is 0 Å². The number of amides is 1. The van der Waals surface area contributed by atoms with Crippen molar-refractivity contribution in [1.82, 2.24) is 4.90 Å². The molecule has 5 nitrogen and oxygen atoms in total. The summed E-state index contributed by atoms with van der Waals surface area (Å²) in [5, 5.41) is 21.5. The number of likely N-dealkylation sites (N-methyl/N-ethyl adjacent to an activating group) is 1. The first-order valence-corrected chi connectivity index (χ1v) is 8.05. The van der Waals surface area contributed by atoms with E-state index in [9.17, 15) is 9.90 Å². The lowest BCUT2D eigenvalue weighted by molar-refractivity contribution is 0.119. The van der Waals surface area contributed by atoms with Gasteiger partial charge >= 0.3 is 6.09 Å². The van der Waals surface area contributed by atoms with Gasteiger partial charge in [0, 0.05) is 18.8 Å². The van der Waals surface area contributed by atoms with Gasteiger partial charge in [-0.15, -0.1) is 0 Å². The van der Waals surface area contributed by atoms with Crippen LogP contribution in [0.4, 0.5) is 10.5 Å². The maximum Gasteiger partial charge on any atom is 0.409 e. The van der Waals surface area contributed by atoms with Gasteiger partial charge in [-0.2, -0.15) is 0 Å². The third-order valence-corrected chi connectivity index (χ3v) is 4.90. The Balaban J connectivity index is 1.98. The summed E-state index contributed by atoms with van der Waals surface area (Å²) in [5.74, 6) is 0.344. The van der Waals surface area contributed by atoms with E-state index in [0.717, 1.165) is 45.2 Å². The second-order valence-electron chi connectivity index (χ2n) is 6.64. The van der Waals surface area contributed by atoms with Crippen molar-refractivity contribution < 1.29 is 15.0 Å². The minimum absolute atomic E-state index is 0.225. The van der Waals surface area contributed by atoms with E-state index in [1.165, 1.54) is 16.7 Å². The lowest BCUT2D eigenvalue weighted by atomic mass is 9.78. The summed E-state index contributed by atoms with van der Waals surface area (Å²) >= 11 is 0. The summed E-state index contributed by atoms with van der Waals surface area (Å²) in [7, 11) is 2.09. The Bertz CT molecular complexity index is 573. The molecule has 3 N–H and O–H groups in total. The number of benzene rings is 1. The predicted molar refractivity (Wildman–Crippen MR) is 85.3 cm³/mol. The standard InChI is InChI=1S/C17H24N2O3/c1-19-6-5-15-12(10-19)7-13(18-17(21)22)9-16(15)11-3-2-4-14(20)8-11/h7,9,11,14,18,20H,2-6,8,10H2,1H3,(H,21,22). The van der Waals surface area contributed by atoms with E-state index in [-0.39, 0.29) is 6.10 Å². The number of hydrogen-bond donors (Lipinski definition) is 3. The molecule has 1 aliphatic carbocycles. The molecule has 0 bridgehead atoms. The van der Waals surface area contributed by atoms with Crippen LogP contribution in [0.5, 0.6) is 0 Å². The largest absolute Gasteiger partial charge is 0.465 e. The van der Waals surface area contributed by atoms with Gasteiger partial charge in [0.2, 0.25) is 0 Å². The van der Waals surface area contributed by atoms with Gasteiger partial charge in [-0.25, -0.2) is 4.79 Å². The zero-order valence-corrected chi connectivity index (χ0v) is 13.0. The summed E-state index contributed by atoms with van der Waals surface area (Å²) in [6.45, 7) is 1.88. The molecule has 0 radical (unpaired) electrons. The lowest BCUT2D eigenvalue weighted by Crippen LogP contribution is -2.29. The van der Waals surface area contributed by atoms with Gasteiger partial charge in [-0.3, -0.25) is 5.32 Å². The number of aliphatic hydroxyl groups is 1. The van der Waals surface area contributed by atoms with E-state index < -0.39 is 6.09 Å². The molecule has 2 atom stereocenters. The number of aliphatic hydroxyl groups excluding tert-OH is 1. The molecule has 2 unspecified atom stereocenters. The highest BCUT2D eigenvalue weighted by molar-refractivity contribution is 5.83. The highest BCUT2D eigenvalue weighted by Crippen LogP contribution is 2.38. The van der Waals surface area contributed by atoms with Crippen LogP contribution in [0.25, 0.3) is 0 Å². The minimum atomic E-state index is -1.03. The molecule has 1 saturated carbocycles. The molecule has 2 aliphatic rings. The van der Waals surface area contributed by atoms with Gasteiger partial charge in [0.15, 0.2) is 0 Å². The van der Waals surface area contributed by atoms with Crippen molar-refractivity contribution in [2.45, 2.75) is 50.7 Å². The van der Waals surface area contributed by atoms with Crippen molar-refractivity contribution in [1.29, 1.82) is 0 Å². The molecule has 1 aromatic rings. The first-order chi connectivity index (χ1) is 10.5. The van der Waals surface area contributed by atoms with E-state index in [1.807, 2.05) is 12.1 Å². The molecule has 1 amide bonds. The Kier molecular flexibility index (Phi) is 4.36. The minimum Gasteiger partial charge on any atom is -0.465 e. The van der Waals surface area contributed by atoms with E-state index in [0.29, 0.717) is 11.6 Å². The first kappa shape index (κ1) is 15.3. The number of carbonyl (C=O) groups is 1. The summed E-state index contributed by atoms with van der Waals surface area (Å²) in [4.78, 5) is 13.2. The molecule has 3 rings (SSSR count). The molecule has 1 fully saturated rings. The molecule has 0 saturated heterocycles. The number of nitrogens with one attached hydrogen (secondary N) is 1. The Morgan fingerprint density at radius 1 is 1.36 bits per heavy atom. The second kappa shape index (κ2) is 6.26. The topological polar surface area (TPSA) is 72.8 Å². The quantitative estimate of drug-likeness (QED) is 0.785. The van der Waals surface area contributed by atoms with Crippen LogP contribution >= 0.6 is 0 Å². The fraction of sp³-hybridized carbons (Fsp3) is 0.588. The van der Waals surface area contributed by atoms with Crippen LogP contribution in [0.15, 0.2) is 12.1 Å². The number of rotatable bonds is 2. The van der Waals surface area contributed by atoms with E-state index in [4.69, 9.17) is 5.11 Å². The first-order valence-electron chi connectivity index (χ1n) is 8.05. The number of fused-ring (bicyclic) bond motifs is 1. The van der Waals surface area contributed by atoms with Crippen molar-refractivity contribution in [2.75, 3.05) is 18.9 Å². The third kappa shape index (κ3) is 3.25. The predicted octanol–water partition coefficient (Wildman–Crippen LogP) is 2.78. The Labute approximate surface area is 130 Å². The zero-order valence-electron chi connectivity index (χ0n) is 13.0. The highest BCUT2D eigenvalue weighted by atomic mass is 16.4. The molecular weight excluding hydrogens is 280 g/mol. The van der Waals surface area contributed by atoms with Crippen LogP contribution in [0, 0.1) is 0 Å². The zero-order chi connectivity index (χ0) is 15.7. The highest BCUT2D eigenvalue weighted by Gasteiger charge is 2.27. The average Bonchev–Trinajstić information content (AvgIpc) is 2.45. The SMILES string of the molecule is CN1CCc2c(cc(NC(=O)O)cc2C2CCCC(O)C2)C1. The van der Waals surface area contributed by atoms with Gasteiger partial charge < -0.3 is 15.1 Å². The van der Waals surface area contributed by atoms with Crippen LogP contribution in [0.1, 0.15) is 48.3 Å². The fourth-order valence-corrected chi connectivity index (χ4v) is 3.88. The fourth-order valence-electron chi connectivity index (χ4n) is 3.88. The van der Waals surface area contributed by atoms with Crippen LogP contribution < -0.4 is 5.32 Å². The molecule has 5 heteroatoms. The Morgan fingerprint density at radius 2 is 2.18 bits per heavy atom. The van der Waals surface area contributed by atoms with Crippen LogP contribution in [0.2, 0.25) is 0 Å². The van der Waals surface area contributed by atoms with Crippen molar-refractivity contribution in [3.05, 3.63) is 28.8 Å². The maximum absolute atomic E-state index is 11.0. The molecule has 1 heterocycles. The molecular formula is C17H24N2O3. The molecule has 22 heavy (non-hydrogen) atoms. The summed E-state index contributed by atoms with van der Waals surface area (Å²) in [5.41, 5.74) is 4.48. The molecule has 1 aromatic carbocycles. The molecule has 120 valence electrons. The normalized spacial score (nSPS) is 25.5. The Hall–Kier alpha value is -1.59. The number of anilines is 1. The second-order valence-corrected chi connectivity index (χ2v) is 6.64. The van der Waals surface area contributed by atoms with Crippen molar-refractivity contribution in [3.8, 4) is 0 Å². The van der Waals surface area contributed by atoms with Crippen molar-refractivity contribution >= 4 is 11.8 Å². The number of nitrogens with zero attached hydrogens (tertiary/aromatic N) is 1. The van der Waals surface area contributed by atoms with E-state index in [2.05, 4.69) is 17.3 Å². The molecule has 0 aromatic heterocycles. The van der Waals surface area contributed by atoms with Gasteiger partial charge in [-0.05, 0) is 67.5 Å². The monoisotopic (exact) mass is 304 g/mol. The third-order valence-electron chi connectivity index (χ3n) is 4.90. The van der Waals surface area contributed by atoms with E-state index in [1.54, 1.807) is 0 Å². The van der Waals surface area contributed by atoms with Crippen LogP contribution in [0.3, 0.4) is 0 Å². The number of hydrogen-bond acceptors (Lipinski definition) is 3. The van der Waals surface area contributed by atoms with Gasteiger partial charge in [0.05, 0.1) is 6.10 Å². The lowest BCUT2D eigenvalue weighted by Gasteiger charge is -2.33. The summed E-state index contributed by atoms with van der Waals surface area (Å²) < 4.78 is 0.